The minimum atomic E-state index is 0.547. The summed E-state index contributed by atoms with van der Waals surface area (Å²) in [5.41, 5.74) is 13.5. The van der Waals surface area contributed by atoms with Gasteiger partial charge in [0, 0.05) is 37.9 Å². The average Bonchev–Trinajstić information content (AvgIpc) is 4.01. The maximum Gasteiger partial charge on any atom is 0.240 e. The van der Waals surface area contributed by atoms with Crippen LogP contribution >= 0.6 is 0 Å². The molecule has 4 aromatic heterocycles. The van der Waals surface area contributed by atoms with E-state index in [9.17, 15) is 0 Å². The molecule has 0 bridgehead atoms. The number of aromatic nitrogens is 5. The molecule has 0 aliphatic carbocycles. The minimum Gasteiger partial charge on any atom is -0.456 e. The molecule has 13 aromatic rings. The van der Waals surface area contributed by atoms with E-state index in [0.29, 0.717) is 17.7 Å². The van der Waals surface area contributed by atoms with Crippen LogP contribution in [0.3, 0.4) is 0 Å². The highest BCUT2D eigenvalue weighted by molar-refractivity contribution is 6.11. The van der Waals surface area contributed by atoms with E-state index in [0.717, 1.165) is 104 Å². The molecular weight excluding hydrogens is 771 g/mol. The Hall–Kier alpha value is -8.61. The molecule has 0 amide bonds. The van der Waals surface area contributed by atoms with E-state index < -0.39 is 0 Å². The van der Waals surface area contributed by atoms with E-state index in [2.05, 4.69) is 209 Å². The zero-order valence-electron chi connectivity index (χ0n) is 33.9. The fourth-order valence-electron chi connectivity index (χ4n) is 9.42. The first-order valence-electron chi connectivity index (χ1n) is 21.2. The summed E-state index contributed by atoms with van der Waals surface area (Å²) in [5, 5.41) is 6.80. The minimum absolute atomic E-state index is 0.547. The highest BCUT2D eigenvalue weighted by atomic mass is 16.3. The van der Waals surface area contributed by atoms with Crippen molar-refractivity contribution >= 4 is 65.6 Å². The van der Waals surface area contributed by atoms with Crippen LogP contribution in [-0.4, -0.2) is 24.1 Å². The Balaban J connectivity index is 0.986. The van der Waals surface area contributed by atoms with Crippen molar-refractivity contribution in [2.45, 2.75) is 0 Å². The van der Waals surface area contributed by atoms with Crippen LogP contribution in [0.5, 0.6) is 0 Å². The van der Waals surface area contributed by atoms with Gasteiger partial charge in [-0.3, -0.25) is 9.13 Å². The van der Waals surface area contributed by atoms with Crippen molar-refractivity contribution in [1.29, 1.82) is 0 Å². The Morgan fingerprint density at radius 2 is 0.714 bits per heavy atom. The molecule has 0 atom stereocenters. The van der Waals surface area contributed by atoms with Gasteiger partial charge in [-0.25, -0.2) is 0 Å². The number of fused-ring (bicyclic) bond motifs is 9. The maximum absolute atomic E-state index is 6.10. The number of para-hydroxylation sites is 4. The molecule has 0 fully saturated rings. The van der Waals surface area contributed by atoms with Gasteiger partial charge in [0.1, 0.15) is 11.2 Å². The molecule has 63 heavy (non-hydrogen) atoms. The highest BCUT2D eigenvalue weighted by Gasteiger charge is 2.21. The predicted molar refractivity (Wildman–Crippen MR) is 258 cm³/mol. The number of hydrogen-bond donors (Lipinski definition) is 0. The normalized spacial score (nSPS) is 11.8. The quantitative estimate of drug-likeness (QED) is 0.168. The van der Waals surface area contributed by atoms with Gasteiger partial charge in [-0.15, -0.1) is 0 Å². The van der Waals surface area contributed by atoms with Crippen LogP contribution in [-0.2, 0) is 0 Å². The molecule has 9 aromatic carbocycles. The number of furan rings is 1. The van der Waals surface area contributed by atoms with Crippen molar-refractivity contribution in [3.63, 3.8) is 0 Å². The Morgan fingerprint density at radius 1 is 0.270 bits per heavy atom. The van der Waals surface area contributed by atoms with Crippen LogP contribution in [0.15, 0.2) is 217 Å². The first kappa shape index (κ1) is 35.2. The fourth-order valence-corrected chi connectivity index (χ4v) is 9.42. The van der Waals surface area contributed by atoms with E-state index in [1.165, 1.54) is 0 Å². The molecule has 0 unspecified atom stereocenters. The molecule has 0 saturated heterocycles. The smallest absolute Gasteiger partial charge is 0.240 e. The molecule has 0 saturated carbocycles. The standard InChI is InChI=1S/C57H35N5O/c1-2-13-36(14-3-1)41-29-31-46-45-19-6-10-23-51(45)62(52(46)35-41)57-59-55(58-56(60-57)61-49-21-8-4-17-43(49)44-18-5-9-22-50(44)61)42-16-12-15-39(33-42)37-25-27-38(28-26-37)40-30-32-54-48(34-40)47-20-7-11-24-53(47)63-54/h1-35H. The highest BCUT2D eigenvalue weighted by Crippen LogP contribution is 2.38. The van der Waals surface area contributed by atoms with Gasteiger partial charge in [0.2, 0.25) is 11.9 Å². The summed E-state index contributed by atoms with van der Waals surface area (Å²) in [5.74, 6) is 1.68. The Bertz CT molecular complexity index is 3860. The van der Waals surface area contributed by atoms with E-state index in [1.807, 2.05) is 12.1 Å². The summed E-state index contributed by atoms with van der Waals surface area (Å²) in [6, 6.07) is 74.6. The largest absolute Gasteiger partial charge is 0.456 e. The first-order chi connectivity index (χ1) is 31.2. The van der Waals surface area contributed by atoms with E-state index in [1.54, 1.807) is 0 Å². The third-order valence-electron chi connectivity index (χ3n) is 12.4. The lowest BCUT2D eigenvalue weighted by Crippen LogP contribution is -2.10. The van der Waals surface area contributed by atoms with E-state index in [-0.39, 0.29) is 0 Å². The number of hydrogen-bond acceptors (Lipinski definition) is 4. The number of rotatable bonds is 6. The van der Waals surface area contributed by atoms with Crippen LogP contribution in [0.4, 0.5) is 0 Å². The van der Waals surface area contributed by atoms with Gasteiger partial charge in [-0.2, -0.15) is 15.0 Å². The second kappa shape index (κ2) is 14.0. The van der Waals surface area contributed by atoms with Crippen molar-refractivity contribution in [3.05, 3.63) is 212 Å². The zero-order valence-corrected chi connectivity index (χ0v) is 33.9. The molecule has 0 aliphatic rings. The van der Waals surface area contributed by atoms with E-state index in [4.69, 9.17) is 19.4 Å². The topological polar surface area (TPSA) is 61.7 Å². The fraction of sp³-hybridized carbons (Fsp3) is 0. The number of benzene rings is 9. The number of nitrogens with zero attached hydrogens (tertiary/aromatic N) is 5. The van der Waals surface area contributed by atoms with Crippen LogP contribution in [0.25, 0.3) is 122 Å². The summed E-state index contributed by atoms with van der Waals surface area (Å²) >= 11 is 0. The van der Waals surface area contributed by atoms with Gasteiger partial charge in [0.15, 0.2) is 5.82 Å². The summed E-state index contributed by atoms with van der Waals surface area (Å²) in [7, 11) is 0. The summed E-state index contributed by atoms with van der Waals surface area (Å²) < 4.78 is 10.5. The molecule has 6 heteroatoms. The second-order valence-electron chi connectivity index (χ2n) is 16.0. The zero-order chi connectivity index (χ0) is 41.4. The summed E-state index contributed by atoms with van der Waals surface area (Å²) in [4.78, 5) is 16.1. The van der Waals surface area contributed by atoms with Gasteiger partial charge in [-0.1, -0.05) is 164 Å². The Labute approximate surface area is 361 Å². The van der Waals surface area contributed by atoms with Crippen molar-refractivity contribution in [2.24, 2.45) is 0 Å². The van der Waals surface area contributed by atoms with Crippen LogP contribution in [0.1, 0.15) is 0 Å². The van der Waals surface area contributed by atoms with Crippen LogP contribution in [0.2, 0.25) is 0 Å². The summed E-state index contributed by atoms with van der Waals surface area (Å²) in [6.07, 6.45) is 0. The lowest BCUT2D eigenvalue weighted by atomic mass is 9.98. The average molecular weight is 806 g/mol. The molecule has 294 valence electrons. The molecular formula is C57H35N5O. The third kappa shape index (κ3) is 5.69. The molecule has 0 N–H and O–H groups in total. The molecule has 6 nitrogen and oxygen atoms in total. The first-order valence-corrected chi connectivity index (χ1v) is 21.2. The molecule has 13 rings (SSSR count). The van der Waals surface area contributed by atoms with Gasteiger partial charge in [0.25, 0.3) is 0 Å². The van der Waals surface area contributed by atoms with Gasteiger partial charge >= 0.3 is 0 Å². The molecule has 0 spiro atoms. The van der Waals surface area contributed by atoms with Crippen molar-refractivity contribution in [3.8, 4) is 56.7 Å². The van der Waals surface area contributed by atoms with Gasteiger partial charge in [0.05, 0.1) is 22.1 Å². The monoisotopic (exact) mass is 805 g/mol. The molecule has 4 heterocycles. The maximum atomic E-state index is 6.10. The van der Waals surface area contributed by atoms with E-state index >= 15 is 0 Å². The summed E-state index contributed by atoms with van der Waals surface area (Å²) in [6.45, 7) is 0. The lowest BCUT2D eigenvalue weighted by Gasteiger charge is -2.13. The Kier molecular flexibility index (Phi) is 7.80. The van der Waals surface area contributed by atoms with Gasteiger partial charge in [-0.05, 0) is 81.9 Å². The molecule has 0 aliphatic heterocycles. The van der Waals surface area contributed by atoms with Crippen molar-refractivity contribution in [2.75, 3.05) is 0 Å². The van der Waals surface area contributed by atoms with Crippen molar-refractivity contribution in [1.82, 2.24) is 24.1 Å². The van der Waals surface area contributed by atoms with Crippen molar-refractivity contribution < 1.29 is 4.42 Å². The van der Waals surface area contributed by atoms with Crippen LogP contribution < -0.4 is 0 Å². The second-order valence-corrected chi connectivity index (χ2v) is 16.0. The third-order valence-corrected chi connectivity index (χ3v) is 12.4. The predicted octanol–water partition coefficient (Wildman–Crippen LogP) is 14.6. The van der Waals surface area contributed by atoms with Crippen LogP contribution in [0, 0.1) is 0 Å². The Morgan fingerprint density at radius 3 is 1.38 bits per heavy atom. The molecule has 0 radical (unpaired) electrons. The lowest BCUT2D eigenvalue weighted by molar-refractivity contribution is 0.669. The SMILES string of the molecule is c1ccc(-c2ccc3c4ccccc4n(-c4nc(-c5cccc(-c6ccc(-c7ccc8oc9ccccc9c8c7)cc6)c5)nc(-n5c6ccccc6c6ccccc65)n4)c3c2)cc1. The van der Waals surface area contributed by atoms with Gasteiger partial charge < -0.3 is 4.42 Å².